The van der Waals surface area contributed by atoms with Gasteiger partial charge in [-0.1, -0.05) is 26.0 Å². The monoisotopic (exact) mass is 423 g/mol. The summed E-state index contributed by atoms with van der Waals surface area (Å²) in [4.78, 5) is 29.3. The molecule has 0 saturated carbocycles. The molecular weight excluding hydrogens is 394 g/mol. The van der Waals surface area contributed by atoms with Gasteiger partial charge >= 0.3 is 5.97 Å². The first-order valence-electron chi connectivity index (χ1n) is 10.4. The quantitative estimate of drug-likeness (QED) is 0.537. The van der Waals surface area contributed by atoms with Crippen LogP contribution in [0.15, 0.2) is 36.7 Å². The Morgan fingerprint density at radius 2 is 1.97 bits per heavy atom. The smallest absolute Gasteiger partial charge is 0.337 e. The number of hydrogen-bond donors (Lipinski definition) is 2. The molecule has 0 spiro atoms. The summed E-state index contributed by atoms with van der Waals surface area (Å²) in [5.74, 6) is -0.285. The van der Waals surface area contributed by atoms with Gasteiger partial charge in [0.1, 0.15) is 0 Å². The van der Waals surface area contributed by atoms with Crippen LogP contribution in [0, 0.1) is 5.92 Å². The second-order valence-corrected chi connectivity index (χ2v) is 7.80. The fraction of sp³-hybridized carbons (Fsp3) is 0.391. The first-order valence-corrected chi connectivity index (χ1v) is 10.4. The molecule has 2 heterocycles. The summed E-state index contributed by atoms with van der Waals surface area (Å²) in [5, 5.41) is 11.6. The maximum atomic E-state index is 13.1. The molecule has 164 valence electrons. The van der Waals surface area contributed by atoms with Gasteiger partial charge in [0.25, 0.3) is 5.91 Å². The Balaban J connectivity index is 1.88. The zero-order valence-corrected chi connectivity index (χ0v) is 18.6. The predicted octanol–water partition coefficient (Wildman–Crippen LogP) is 3.62. The highest BCUT2D eigenvalue weighted by Crippen LogP contribution is 2.28. The second kappa shape index (κ2) is 9.59. The SMILES string of the molecule is CCn1ncc2c(N[C@@H](C)C(C)C)c(C(=O)NCc3cccc(C(=O)OC)c3)cnc21. The average molecular weight is 424 g/mol. The molecule has 0 aliphatic heterocycles. The van der Waals surface area contributed by atoms with Gasteiger partial charge in [-0.3, -0.25) is 4.79 Å². The molecule has 1 aromatic carbocycles. The van der Waals surface area contributed by atoms with Crippen molar-refractivity contribution in [1.82, 2.24) is 20.1 Å². The van der Waals surface area contributed by atoms with Gasteiger partial charge in [-0.05, 0) is 37.5 Å². The molecule has 2 N–H and O–H groups in total. The van der Waals surface area contributed by atoms with E-state index in [-0.39, 0.29) is 18.5 Å². The summed E-state index contributed by atoms with van der Waals surface area (Å²) >= 11 is 0. The molecule has 0 saturated heterocycles. The van der Waals surface area contributed by atoms with Crippen molar-refractivity contribution in [3.8, 4) is 0 Å². The van der Waals surface area contributed by atoms with Crippen LogP contribution in [0.2, 0.25) is 0 Å². The van der Waals surface area contributed by atoms with Crippen LogP contribution in [-0.2, 0) is 17.8 Å². The van der Waals surface area contributed by atoms with Gasteiger partial charge in [-0.15, -0.1) is 0 Å². The number of aromatic nitrogens is 3. The summed E-state index contributed by atoms with van der Waals surface area (Å²) < 4.78 is 6.57. The molecule has 8 heteroatoms. The number of rotatable bonds is 8. The molecule has 0 aliphatic rings. The molecule has 0 bridgehead atoms. The highest BCUT2D eigenvalue weighted by molar-refractivity contribution is 6.06. The average Bonchev–Trinajstić information content (AvgIpc) is 3.20. The van der Waals surface area contributed by atoms with E-state index in [4.69, 9.17) is 4.74 Å². The molecule has 2 aromatic heterocycles. The zero-order valence-electron chi connectivity index (χ0n) is 18.6. The van der Waals surface area contributed by atoms with Crippen molar-refractivity contribution < 1.29 is 14.3 Å². The molecule has 3 aromatic rings. The van der Waals surface area contributed by atoms with Crippen LogP contribution in [0.3, 0.4) is 0 Å². The van der Waals surface area contributed by atoms with E-state index in [1.165, 1.54) is 7.11 Å². The topological polar surface area (TPSA) is 98.1 Å². The Morgan fingerprint density at radius 3 is 2.65 bits per heavy atom. The number of aryl methyl sites for hydroxylation is 1. The third-order valence-electron chi connectivity index (χ3n) is 5.38. The third kappa shape index (κ3) is 4.84. The van der Waals surface area contributed by atoms with E-state index >= 15 is 0 Å². The van der Waals surface area contributed by atoms with E-state index in [0.29, 0.717) is 23.6 Å². The number of nitrogens with one attached hydrogen (secondary N) is 2. The zero-order chi connectivity index (χ0) is 22.5. The highest BCUT2D eigenvalue weighted by Gasteiger charge is 2.20. The molecule has 0 aliphatic carbocycles. The lowest BCUT2D eigenvalue weighted by atomic mass is 10.0. The highest BCUT2D eigenvalue weighted by atomic mass is 16.5. The van der Waals surface area contributed by atoms with Crippen LogP contribution >= 0.6 is 0 Å². The molecule has 31 heavy (non-hydrogen) atoms. The van der Waals surface area contributed by atoms with Gasteiger partial charge in [0, 0.05) is 25.3 Å². The second-order valence-electron chi connectivity index (χ2n) is 7.80. The minimum atomic E-state index is -0.412. The largest absolute Gasteiger partial charge is 0.465 e. The number of nitrogens with zero attached hydrogens (tertiary/aromatic N) is 3. The van der Waals surface area contributed by atoms with E-state index in [0.717, 1.165) is 22.3 Å². The van der Waals surface area contributed by atoms with Gasteiger partial charge in [-0.25, -0.2) is 14.5 Å². The normalized spacial score (nSPS) is 12.1. The number of pyridine rings is 1. The summed E-state index contributed by atoms with van der Waals surface area (Å²) in [7, 11) is 1.34. The maximum absolute atomic E-state index is 13.1. The number of carbonyl (C=O) groups excluding carboxylic acids is 2. The van der Waals surface area contributed by atoms with Gasteiger partial charge in [0.15, 0.2) is 5.65 Å². The van der Waals surface area contributed by atoms with Crippen LogP contribution in [-0.4, -0.2) is 39.8 Å². The predicted molar refractivity (Wildman–Crippen MR) is 120 cm³/mol. The first-order chi connectivity index (χ1) is 14.8. The van der Waals surface area contributed by atoms with Crippen molar-refractivity contribution in [2.45, 2.75) is 46.8 Å². The Bertz CT molecular complexity index is 1090. The Morgan fingerprint density at radius 1 is 1.19 bits per heavy atom. The number of esters is 1. The van der Waals surface area contributed by atoms with Gasteiger partial charge in [0.05, 0.1) is 35.5 Å². The minimum absolute atomic E-state index is 0.152. The molecule has 3 rings (SSSR count). The lowest BCUT2D eigenvalue weighted by Crippen LogP contribution is -2.27. The van der Waals surface area contributed by atoms with Crippen molar-refractivity contribution in [3.63, 3.8) is 0 Å². The van der Waals surface area contributed by atoms with E-state index in [2.05, 4.69) is 41.5 Å². The molecule has 1 amide bonds. The van der Waals surface area contributed by atoms with Crippen molar-refractivity contribution in [2.24, 2.45) is 5.92 Å². The minimum Gasteiger partial charge on any atom is -0.465 e. The fourth-order valence-electron chi connectivity index (χ4n) is 3.18. The van der Waals surface area contributed by atoms with Crippen LogP contribution < -0.4 is 10.6 Å². The number of benzene rings is 1. The molecule has 0 unspecified atom stereocenters. The molecule has 1 atom stereocenters. The summed E-state index contributed by atoms with van der Waals surface area (Å²) in [5.41, 5.74) is 3.17. The number of fused-ring (bicyclic) bond motifs is 1. The lowest BCUT2D eigenvalue weighted by Gasteiger charge is -2.21. The van der Waals surface area contributed by atoms with Crippen LogP contribution in [0.1, 0.15) is 54.0 Å². The number of anilines is 1. The number of methoxy groups -OCH3 is 1. The number of carbonyl (C=O) groups is 2. The van der Waals surface area contributed by atoms with Crippen molar-refractivity contribution in [2.75, 3.05) is 12.4 Å². The summed E-state index contributed by atoms with van der Waals surface area (Å²) in [6.45, 7) is 9.30. The number of hydrogen-bond acceptors (Lipinski definition) is 6. The maximum Gasteiger partial charge on any atom is 0.337 e. The van der Waals surface area contributed by atoms with Crippen molar-refractivity contribution in [1.29, 1.82) is 0 Å². The number of amides is 1. The van der Waals surface area contributed by atoms with E-state index < -0.39 is 5.97 Å². The Kier molecular flexibility index (Phi) is 6.89. The molecular formula is C23H29N5O3. The van der Waals surface area contributed by atoms with Crippen molar-refractivity contribution >= 4 is 28.6 Å². The van der Waals surface area contributed by atoms with E-state index in [9.17, 15) is 9.59 Å². The number of ether oxygens (including phenoxy) is 1. The first kappa shape index (κ1) is 22.3. The van der Waals surface area contributed by atoms with Crippen LogP contribution in [0.25, 0.3) is 11.0 Å². The van der Waals surface area contributed by atoms with E-state index in [1.807, 2.05) is 13.0 Å². The fourth-order valence-corrected chi connectivity index (χ4v) is 3.18. The van der Waals surface area contributed by atoms with Crippen LogP contribution in [0.4, 0.5) is 5.69 Å². The Labute approximate surface area is 182 Å². The van der Waals surface area contributed by atoms with E-state index in [1.54, 1.807) is 35.3 Å². The molecule has 8 nitrogen and oxygen atoms in total. The van der Waals surface area contributed by atoms with Gasteiger partial charge in [-0.2, -0.15) is 5.10 Å². The van der Waals surface area contributed by atoms with Crippen molar-refractivity contribution in [3.05, 3.63) is 53.3 Å². The van der Waals surface area contributed by atoms with Crippen LogP contribution in [0.5, 0.6) is 0 Å². The van der Waals surface area contributed by atoms with Gasteiger partial charge < -0.3 is 15.4 Å². The Hall–Kier alpha value is -3.42. The summed E-state index contributed by atoms with van der Waals surface area (Å²) in [6, 6.07) is 7.14. The van der Waals surface area contributed by atoms with Gasteiger partial charge in [0.2, 0.25) is 0 Å². The molecule has 0 radical (unpaired) electrons. The standard InChI is InChI=1S/C23H29N5O3/c1-6-28-21-18(13-26-28)20(27-15(4)14(2)3)19(12-24-21)22(29)25-11-16-8-7-9-17(10-16)23(30)31-5/h7-10,12-15H,6,11H2,1-5H3,(H,24,27)(H,25,29)/t15-/m0/s1. The third-order valence-corrected chi connectivity index (χ3v) is 5.38. The summed E-state index contributed by atoms with van der Waals surface area (Å²) in [6.07, 6.45) is 3.34. The lowest BCUT2D eigenvalue weighted by molar-refractivity contribution is 0.0600. The molecule has 0 fully saturated rings.